The van der Waals surface area contributed by atoms with Gasteiger partial charge in [0.15, 0.2) is 0 Å². The molecular weight excluding hydrogens is 386 g/mol. The molecule has 0 radical (unpaired) electrons. The Kier molecular flexibility index (Phi) is 7.45. The Balaban J connectivity index is 1.60. The molecule has 0 bridgehead atoms. The highest BCUT2D eigenvalue weighted by Crippen LogP contribution is 2.22. The number of piperidine rings is 1. The average molecular weight is 415 g/mol. The number of rotatable bonds is 5. The van der Waals surface area contributed by atoms with Gasteiger partial charge in [-0.05, 0) is 50.0 Å². The molecule has 8 nitrogen and oxygen atoms in total. The number of aliphatic hydroxyl groups excluding tert-OH is 3. The van der Waals surface area contributed by atoms with Gasteiger partial charge in [0.2, 0.25) is 0 Å². The number of carbonyl (C=O) groups is 1. The molecular formula is C22H29N3O5. The second-order valence-corrected chi connectivity index (χ2v) is 7.87. The lowest BCUT2D eigenvalue weighted by Crippen LogP contribution is -2.59. The van der Waals surface area contributed by atoms with Gasteiger partial charge < -0.3 is 30.3 Å². The second kappa shape index (κ2) is 10.0. The molecule has 0 saturated carbocycles. The summed E-state index contributed by atoms with van der Waals surface area (Å²) in [5.41, 5.74) is 1.80. The summed E-state index contributed by atoms with van der Waals surface area (Å²) in [6.07, 6.45) is -0.319. The van der Waals surface area contributed by atoms with Gasteiger partial charge in [-0.3, -0.25) is 4.79 Å². The van der Waals surface area contributed by atoms with Crippen molar-refractivity contribution in [1.82, 2.24) is 5.32 Å². The smallest absolute Gasteiger partial charge is 0.262 e. The van der Waals surface area contributed by atoms with E-state index in [1.807, 2.05) is 30.3 Å². The van der Waals surface area contributed by atoms with E-state index in [-0.39, 0.29) is 12.1 Å². The minimum atomic E-state index is -1.36. The summed E-state index contributed by atoms with van der Waals surface area (Å²) in [5.74, 6) is -0.596. The summed E-state index contributed by atoms with van der Waals surface area (Å²) in [6, 6.07) is 9.63. The fraction of sp³-hybridized carbons (Fsp3) is 0.545. The molecule has 5 atom stereocenters. The zero-order valence-electron chi connectivity index (χ0n) is 17.1. The van der Waals surface area contributed by atoms with E-state index in [9.17, 15) is 25.4 Å². The van der Waals surface area contributed by atoms with E-state index in [0.29, 0.717) is 0 Å². The van der Waals surface area contributed by atoms with Gasteiger partial charge in [-0.15, -0.1) is 0 Å². The number of anilines is 1. The fourth-order valence-electron chi connectivity index (χ4n) is 3.84. The Labute approximate surface area is 176 Å². The number of nitrogens with zero attached hydrogens (tertiary/aromatic N) is 2. The van der Waals surface area contributed by atoms with Crippen molar-refractivity contribution in [2.75, 3.05) is 24.5 Å². The van der Waals surface area contributed by atoms with Gasteiger partial charge in [0.1, 0.15) is 36.1 Å². The Bertz CT molecular complexity index is 798. The van der Waals surface area contributed by atoms with E-state index in [0.717, 1.165) is 24.3 Å². The molecule has 0 aromatic heterocycles. The summed E-state index contributed by atoms with van der Waals surface area (Å²) < 4.78 is 5.45. The number of aliphatic hydroxyl groups is 3. The van der Waals surface area contributed by atoms with Crippen LogP contribution in [0.2, 0.25) is 0 Å². The molecule has 30 heavy (non-hydrogen) atoms. The molecule has 0 aliphatic carbocycles. The summed E-state index contributed by atoms with van der Waals surface area (Å²) in [4.78, 5) is 14.7. The summed E-state index contributed by atoms with van der Waals surface area (Å²) >= 11 is 0. The number of benzene rings is 1. The number of carbonyl (C=O) groups excluding carboxylic acids is 1. The van der Waals surface area contributed by atoms with Crippen molar-refractivity contribution in [2.45, 2.75) is 56.7 Å². The highest BCUT2D eigenvalue weighted by atomic mass is 16.5. The zero-order valence-corrected chi connectivity index (χ0v) is 17.1. The first kappa shape index (κ1) is 22.2. The molecule has 2 aliphatic rings. The summed E-state index contributed by atoms with van der Waals surface area (Å²) in [7, 11) is 0. The Morgan fingerprint density at radius 2 is 1.83 bits per heavy atom. The molecule has 2 aliphatic heterocycles. The van der Waals surface area contributed by atoms with Crippen LogP contribution in [-0.4, -0.2) is 71.4 Å². The molecule has 2 saturated heterocycles. The van der Waals surface area contributed by atoms with Crippen LogP contribution in [-0.2, 0) is 9.53 Å². The van der Waals surface area contributed by atoms with E-state index in [4.69, 9.17) is 4.74 Å². The molecule has 162 valence electrons. The topological polar surface area (TPSA) is 126 Å². The van der Waals surface area contributed by atoms with Crippen molar-refractivity contribution in [1.29, 1.82) is 5.26 Å². The zero-order chi connectivity index (χ0) is 21.7. The number of hydrogen-bond acceptors (Lipinski definition) is 7. The maximum Gasteiger partial charge on any atom is 0.262 e. The Hall–Kier alpha value is -2.44. The van der Waals surface area contributed by atoms with Gasteiger partial charge in [0.25, 0.3) is 5.91 Å². The van der Waals surface area contributed by atoms with Crippen LogP contribution in [0.15, 0.2) is 29.8 Å². The highest BCUT2D eigenvalue weighted by Gasteiger charge is 2.41. The predicted octanol–water partition coefficient (Wildman–Crippen LogP) is 0.570. The molecule has 1 aromatic rings. The minimum Gasteiger partial charge on any atom is -0.388 e. The van der Waals surface area contributed by atoms with Gasteiger partial charge in [-0.25, -0.2) is 0 Å². The molecule has 4 N–H and O–H groups in total. The van der Waals surface area contributed by atoms with Crippen LogP contribution in [0.5, 0.6) is 0 Å². The standard InChI is InChI=1S/C22H29N3O5/c1-14-19(26)21(28)20(27)18(30-14)13-24-22(29)16(12-23)11-15-5-7-17(8-6-15)25-9-3-2-4-10-25/h5-8,11,14,18-21,26-28H,2-4,9-10,13H2,1H3,(H,24,29)/b16-11+/t14?,18-,19+,20-,21-/m1/s1. The van der Waals surface area contributed by atoms with E-state index >= 15 is 0 Å². The van der Waals surface area contributed by atoms with Crippen LogP contribution < -0.4 is 10.2 Å². The normalized spacial score (nSPS) is 29.9. The van der Waals surface area contributed by atoms with Gasteiger partial charge in [0.05, 0.1) is 6.10 Å². The van der Waals surface area contributed by atoms with Gasteiger partial charge in [-0.2, -0.15) is 5.26 Å². The number of hydrogen-bond donors (Lipinski definition) is 4. The van der Waals surface area contributed by atoms with E-state index < -0.39 is 36.4 Å². The van der Waals surface area contributed by atoms with Gasteiger partial charge in [-0.1, -0.05) is 12.1 Å². The van der Waals surface area contributed by atoms with Crippen LogP contribution in [0, 0.1) is 11.3 Å². The molecule has 2 fully saturated rings. The maximum absolute atomic E-state index is 12.4. The van der Waals surface area contributed by atoms with Gasteiger partial charge >= 0.3 is 0 Å². The first-order chi connectivity index (χ1) is 14.4. The Morgan fingerprint density at radius 1 is 1.17 bits per heavy atom. The molecule has 2 heterocycles. The molecule has 8 heteroatoms. The monoisotopic (exact) mass is 415 g/mol. The molecule has 0 spiro atoms. The SMILES string of the molecule is CC1O[C@H](CNC(=O)/C(C#N)=C/c2ccc(N3CCCCC3)cc2)[C@@H](O)[C@H](O)[C@H]1O. The van der Waals surface area contributed by atoms with Crippen molar-refractivity contribution in [3.05, 3.63) is 35.4 Å². The summed E-state index contributed by atoms with van der Waals surface area (Å²) in [6.45, 7) is 3.56. The summed E-state index contributed by atoms with van der Waals surface area (Å²) in [5, 5.41) is 41.6. The van der Waals surface area contributed by atoms with Gasteiger partial charge in [0, 0.05) is 25.3 Å². The third-order valence-corrected chi connectivity index (χ3v) is 5.71. The second-order valence-electron chi connectivity index (χ2n) is 7.87. The first-order valence-electron chi connectivity index (χ1n) is 10.4. The van der Waals surface area contributed by atoms with Crippen LogP contribution >= 0.6 is 0 Å². The maximum atomic E-state index is 12.4. The van der Waals surface area contributed by atoms with Crippen molar-refractivity contribution in [3.63, 3.8) is 0 Å². The van der Waals surface area contributed by atoms with Crippen molar-refractivity contribution >= 4 is 17.7 Å². The number of nitrogens with one attached hydrogen (secondary N) is 1. The first-order valence-corrected chi connectivity index (χ1v) is 10.4. The third kappa shape index (κ3) is 5.18. The van der Waals surface area contributed by atoms with E-state index in [1.165, 1.54) is 25.3 Å². The number of nitriles is 1. The minimum absolute atomic E-state index is 0.0698. The molecule has 1 amide bonds. The van der Waals surface area contributed by atoms with Crippen LogP contribution in [0.3, 0.4) is 0 Å². The Morgan fingerprint density at radius 3 is 2.47 bits per heavy atom. The van der Waals surface area contributed by atoms with Crippen LogP contribution in [0.4, 0.5) is 5.69 Å². The molecule has 1 unspecified atom stereocenters. The quantitative estimate of drug-likeness (QED) is 0.409. The van der Waals surface area contributed by atoms with Crippen LogP contribution in [0.25, 0.3) is 6.08 Å². The van der Waals surface area contributed by atoms with Crippen molar-refractivity contribution < 1.29 is 24.9 Å². The lowest BCUT2D eigenvalue weighted by Gasteiger charge is -2.39. The number of ether oxygens (including phenoxy) is 1. The van der Waals surface area contributed by atoms with Crippen LogP contribution in [0.1, 0.15) is 31.7 Å². The fourth-order valence-corrected chi connectivity index (χ4v) is 3.84. The number of amides is 1. The highest BCUT2D eigenvalue weighted by molar-refractivity contribution is 6.01. The molecule has 3 rings (SSSR count). The van der Waals surface area contributed by atoms with Crippen molar-refractivity contribution in [2.24, 2.45) is 0 Å². The van der Waals surface area contributed by atoms with Crippen molar-refractivity contribution in [3.8, 4) is 6.07 Å². The lowest BCUT2D eigenvalue weighted by molar-refractivity contribution is -0.215. The van der Waals surface area contributed by atoms with E-state index in [2.05, 4.69) is 10.2 Å². The lowest BCUT2D eigenvalue weighted by atomic mass is 9.95. The molecule has 1 aromatic carbocycles. The largest absolute Gasteiger partial charge is 0.388 e. The average Bonchev–Trinajstić information content (AvgIpc) is 2.78. The third-order valence-electron chi connectivity index (χ3n) is 5.71. The predicted molar refractivity (Wildman–Crippen MR) is 111 cm³/mol. The van der Waals surface area contributed by atoms with E-state index in [1.54, 1.807) is 6.92 Å².